The maximum atomic E-state index is 12.0. The minimum atomic E-state index is -0.283. The predicted octanol–water partition coefficient (Wildman–Crippen LogP) is 2.19. The second-order valence-electron chi connectivity index (χ2n) is 4.58. The third-order valence-electron chi connectivity index (χ3n) is 3.13. The SMILES string of the molecule is COc1ccccc1OCC(=O)Nn1cnc2ccccc21. The number of ether oxygens (including phenoxy) is 2. The predicted molar refractivity (Wildman–Crippen MR) is 82.6 cm³/mol. The third-order valence-corrected chi connectivity index (χ3v) is 3.13. The van der Waals surface area contributed by atoms with Gasteiger partial charge in [0.25, 0.3) is 5.91 Å². The lowest BCUT2D eigenvalue weighted by atomic mass is 10.3. The van der Waals surface area contributed by atoms with Gasteiger partial charge in [0.1, 0.15) is 6.33 Å². The zero-order valence-corrected chi connectivity index (χ0v) is 12.0. The van der Waals surface area contributed by atoms with E-state index in [0.717, 1.165) is 11.0 Å². The van der Waals surface area contributed by atoms with Gasteiger partial charge in [-0.2, -0.15) is 0 Å². The molecule has 1 N–H and O–H groups in total. The first kappa shape index (κ1) is 13.9. The van der Waals surface area contributed by atoms with E-state index in [9.17, 15) is 4.79 Å². The van der Waals surface area contributed by atoms with Crippen LogP contribution in [0.1, 0.15) is 0 Å². The summed E-state index contributed by atoms with van der Waals surface area (Å²) in [4.78, 5) is 16.2. The maximum Gasteiger partial charge on any atom is 0.276 e. The summed E-state index contributed by atoms with van der Waals surface area (Å²) in [5.41, 5.74) is 4.36. The zero-order valence-electron chi connectivity index (χ0n) is 12.0. The molecule has 0 aliphatic rings. The summed E-state index contributed by atoms with van der Waals surface area (Å²) in [6.45, 7) is -0.118. The molecule has 0 fully saturated rings. The van der Waals surface area contributed by atoms with Gasteiger partial charge in [-0.25, -0.2) is 9.66 Å². The molecule has 3 rings (SSSR count). The molecular weight excluding hydrogens is 282 g/mol. The maximum absolute atomic E-state index is 12.0. The van der Waals surface area contributed by atoms with E-state index < -0.39 is 0 Å². The van der Waals surface area contributed by atoms with Crippen LogP contribution in [0.4, 0.5) is 0 Å². The molecule has 1 heterocycles. The number of fused-ring (bicyclic) bond motifs is 1. The van der Waals surface area contributed by atoms with Crippen molar-refractivity contribution in [2.24, 2.45) is 0 Å². The Balaban J connectivity index is 1.65. The van der Waals surface area contributed by atoms with Crippen LogP contribution in [0.5, 0.6) is 11.5 Å². The number of imidazole rings is 1. The van der Waals surface area contributed by atoms with Gasteiger partial charge >= 0.3 is 0 Å². The molecule has 3 aromatic rings. The van der Waals surface area contributed by atoms with Crippen molar-refractivity contribution in [1.29, 1.82) is 0 Å². The van der Waals surface area contributed by atoms with Crippen molar-refractivity contribution in [2.75, 3.05) is 19.1 Å². The molecule has 0 unspecified atom stereocenters. The highest BCUT2D eigenvalue weighted by Crippen LogP contribution is 2.25. The lowest BCUT2D eigenvalue weighted by Crippen LogP contribution is -2.27. The van der Waals surface area contributed by atoms with E-state index in [1.54, 1.807) is 30.2 Å². The highest BCUT2D eigenvalue weighted by Gasteiger charge is 2.08. The third kappa shape index (κ3) is 2.85. The summed E-state index contributed by atoms with van der Waals surface area (Å²) >= 11 is 0. The second kappa shape index (κ2) is 6.17. The smallest absolute Gasteiger partial charge is 0.276 e. The van der Waals surface area contributed by atoms with Gasteiger partial charge in [0.2, 0.25) is 0 Å². The van der Waals surface area contributed by atoms with Crippen molar-refractivity contribution in [3.05, 3.63) is 54.9 Å². The molecule has 22 heavy (non-hydrogen) atoms. The number of para-hydroxylation sites is 4. The standard InChI is InChI=1S/C16H15N3O3/c1-21-14-8-4-5-9-15(14)22-10-16(20)18-19-11-17-12-6-2-3-7-13(12)19/h2-9,11H,10H2,1H3,(H,18,20). The summed E-state index contributed by atoms with van der Waals surface area (Å²) < 4.78 is 12.2. The van der Waals surface area contributed by atoms with Crippen molar-refractivity contribution in [1.82, 2.24) is 9.66 Å². The highest BCUT2D eigenvalue weighted by atomic mass is 16.5. The molecule has 0 aliphatic carbocycles. The van der Waals surface area contributed by atoms with Crippen molar-refractivity contribution < 1.29 is 14.3 Å². The van der Waals surface area contributed by atoms with Gasteiger partial charge < -0.3 is 9.47 Å². The molecule has 0 atom stereocenters. The fourth-order valence-corrected chi connectivity index (χ4v) is 2.10. The number of rotatable bonds is 5. The number of nitrogens with one attached hydrogen (secondary N) is 1. The number of amides is 1. The van der Waals surface area contributed by atoms with E-state index in [0.29, 0.717) is 11.5 Å². The van der Waals surface area contributed by atoms with Crippen LogP contribution in [-0.4, -0.2) is 29.3 Å². The quantitative estimate of drug-likeness (QED) is 0.784. The number of nitrogens with zero attached hydrogens (tertiary/aromatic N) is 2. The number of hydrogen-bond donors (Lipinski definition) is 1. The van der Waals surface area contributed by atoms with Crippen LogP contribution >= 0.6 is 0 Å². The number of aromatic nitrogens is 2. The number of methoxy groups -OCH3 is 1. The molecule has 1 amide bonds. The fourth-order valence-electron chi connectivity index (χ4n) is 2.10. The van der Waals surface area contributed by atoms with Gasteiger partial charge in [0.15, 0.2) is 18.1 Å². The van der Waals surface area contributed by atoms with E-state index in [2.05, 4.69) is 10.4 Å². The topological polar surface area (TPSA) is 65.4 Å². The minimum absolute atomic E-state index is 0.118. The molecule has 0 aliphatic heterocycles. The molecule has 0 saturated heterocycles. The summed E-state index contributed by atoms with van der Waals surface area (Å²) in [5, 5.41) is 0. The summed E-state index contributed by atoms with van der Waals surface area (Å²) in [6.07, 6.45) is 1.56. The normalized spacial score (nSPS) is 10.4. The van der Waals surface area contributed by atoms with Crippen LogP contribution in [0.2, 0.25) is 0 Å². The monoisotopic (exact) mass is 297 g/mol. The molecule has 1 aromatic heterocycles. The van der Waals surface area contributed by atoms with Crippen LogP contribution in [0.15, 0.2) is 54.9 Å². The first-order chi connectivity index (χ1) is 10.8. The van der Waals surface area contributed by atoms with Gasteiger partial charge in [-0.05, 0) is 24.3 Å². The Morgan fingerprint density at radius 1 is 1.14 bits per heavy atom. The molecule has 0 saturated carbocycles. The van der Waals surface area contributed by atoms with E-state index >= 15 is 0 Å². The second-order valence-corrected chi connectivity index (χ2v) is 4.58. The van der Waals surface area contributed by atoms with Crippen molar-refractivity contribution in [3.8, 4) is 11.5 Å². The summed E-state index contributed by atoms with van der Waals surface area (Å²) in [7, 11) is 1.56. The number of carbonyl (C=O) groups is 1. The minimum Gasteiger partial charge on any atom is -0.493 e. The van der Waals surface area contributed by atoms with Gasteiger partial charge in [0, 0.05) is 0 Å². The molecular formula is C16H15N3O3. The molecule has 112 valence electrons. The number of hydrogen-bond acceptors (Lipinski definition) is 4. The van der Waals surface area contributed by atoms with Crippen molar-refractivity contribution in [2.45, 2.75) is 0 Å². The van der Waals surface area contributed by atoms with Gasteiger partial charge in [-0.1, -0.05) is 24.3 Å². The van der Waals surface area contributed by atoms with Crippen LogP contribution in [0.3, 0.4) is 0 Å². The Morgan fingerprint density at radius 3 is 2.68 bits per heavy atom. The van der Waals surface area contributed by atoms with Gasteiger partial charge in [0.05, 0.1) is 18.1 Å². The molecule has 0 bridgehead atoms. The zero-order chi connectivity index (χ0) is 15.4. The van der Waals surface area contributed by atoms with Crippen molar-refractivity contribution >= 4 is 16.9 Å². The molecule has 6 heteroatoms. The fraction of sp³-hybridized carbons (Fsp3) is 0.125. The molecule has 2 aromatic carbocycles. The summed E-state index contributed by atoms with van der Waals surface area (Å²) in [5.74, 6) is 0.827. The lowest BCUT2D eigenvalue weighted by molar-refractivity contribution is -0.119. The van der Waals surface area contributed by atoms with Crippen molar-refractivity contribution in [3.63, 3.8) is 0 Å². The largest absolute Gasteiger partial charge is 0.493 e. The van der Waals surface area contributed by atoms with E-state index in [-0.39, 0.29) is 12.5 Å². The first-order valence-corrected chi connectivity index (χ1v) is 6.75. The Hall–Kier alpha value is -3.02. The molecule has 0 radical (unpaired) electrons. The lowest BCUT2D eigenvalue weighted by Gasteiger charge is -2.11. The Bertz CT molecular complexity index is 798. The average molecular weight is 297 g/mol. The summed E-state index contributed by atoms with van der Waals surface area (Å²) in [6, 6.07) is 14.7. The molecule has 0 spiro atoms. The van der Waals surface area contributed by atoms with Crippen LogP contribution in [0, 0.1) is 0 Å². The van der Waals surface area contributed by atoms with E-state index in [1.165, 1.54) is 0 Å². The number of benzene rings is 2. The highest BCUT2D eigenvalue weighted by molar-refractivity contribution is 5.87. The Morgan fingerprint density at radius 2 is 1.86 bits per heavy atom. The van der Waals surface area contributed by atoms with Gasteiger partial charge in [-0.15, -0.1) is 0 Å². The van der Waals surface area contributed by atoms with Crippen LogP contribution in [-0.2, 0) is 4.79 Å². The Labute approximate surface area is 127 Å². The number of carbonyl (C=O) groups excluding carboxylic acids is 1. The van der Waals surface area contributed by atoms with E-state index in [1.807, 2.05) is 36.4 Å². The van der Waals surface area contributed by atoms with E-state index in [4.69, 9.17) is 9.47 Å². The van der Waals surface area contributed by atoms with Crippen LogP contribution in [0.25, 0.3) is 11.0 Å². The molecule has 6 nitrogen and oxygen atoms in total. The average Bonchev–Trinajstić information content (AvgIpc) is 2.96. The van der Waals surface area contributed by atoms with Gasteiger partial charge in [-0.3, -0.25) is 10.2 Å². The Kier molecular flexibility index (Phi) is 3.91. The van der Waals surface area contributed by atoms with Crippen LogP contribution < -0.4 is 14.9 Å². The first-order valence-electron chi connectivity index (χ1n) is 6.75.